The number of carbonyl (C=O) groups is 2. The van der Waals surface area contributed by atoms with E-state index in [0.717, 1.165) is 11.1 Å². The molecule has 2 aromatic carbocycles. The van der Waals surface area contributed by atoms with Crippen LogP contribution in [0.5, 0.6) is 0 Å². The molecule has 4 rings (SSSR count). The number of hydrogen-bond donors (Lipinski definition) is 1. The first-order chi connectivity index (χ1) is 15.1. The van der Waals surface area contributed by atoms with Gasteiger partial charge in [-0.15, -0.1) is 0 Å². The van der Waals surface area contributed by atoms with E-state index in [4.69, 9.17) is 0 Å². The van der Waals surface area contributed by atoms with Crippen molar-refractivity contribution in [1.82, 2.24) is 20.0 Å². The molecule has 0 spiro atoms. The molecule has 160 valence electrons. The van der Waals surface area contributed by atoms with E-state index in [1.807, 2.05) is 31.2 Å². The van der Waals surface area contributed by atoms with Crippen molar-refractivity contribution in [2.75, 3.05) is 26.2 Å². The standard InChI is InChI=1S/C24H25FN4O2/c1-2-28-13-14-29(24(31)22-11-12-26-27-22)16-19(23(28)30)15-17-7-9-18(10-8-17)20-5-3-4-6-21(20)25/h3-12,19H,2,13-16H2,1H3,(H,26,27)/t19-/m1/s1. The second-order valence-electron chi connectivity index (χ2n) is 7.72. The van der Waals surface area contributed by atoms with Crippen molar-refractivity contribution in [2.45, 2.75) is 13.3 Å². The summed E-state index contributed by atoms with van der Waals surface area (Å²) in [4.78, 5) is 29.4. The van der Waals surface area contributed by atoms with E-state index >= 15 is 0 Å². The minimum absolute atomic E-state index is 0.0561. The quantitative estimate of drug-likeness (QED) is 0.688. The van der Waals surface area contributed by atoms with Gasteiger partial charge in [-0.2, -0.15) is 5.10 Å². The number of rotatable bonds is 5. The lowest BCUT2D eigenvalue weighted by Gasteiger charge is -2.23. The van der Waals surface area contributed by atoms with E-state index in [0.29, 0.717) is 43.9 Å². The lowest BCUT2D eigenvalue weighted by molar-refractivity contribution is -0.134. The van der Waals surface area contributed by atoms with Gasteiger partial charge in [0.2, 0.25) is 5.91 Å². The molecule has 31 heavy (non-hydrogen) atoms. The molecule has 1 atom stereocenters. The highest BCUT2D eigenvalue weighted by Crippen LogP contribution is 2.24. The fourth-order valence-corrected chi connectivity index (χ4v) is 4.04. The zero-order chi connectivity index (χ0) is 21.8. The summed E-state index contributed by atoms with van der Waals surface area (Å²) in [6, 6.07) is 15.9. The average Bonchev–Trinajstić information content (AvgIpc) is 3.28. The molecule has 0 radical (unpaired) electrons. The maximum absolute atomic E-state index is 14.1. The van der Waals surface area contributed by atoms with Crippen molar-refractivity contribution < 1.29 is 14.0 Å². The van der Waals surface area contributed by atoms with Crippen LogP contribution in [0, 0.1) is 11.7 Å². The molecule has 1 N–H and O–H groups in total. The van der Waals surface area contributed by atoms with E-state index in [2.05, 4.69) is 10.2 Å². The Labute approximate surface area is 180 Å². The third-order valence-electron chi connectivity index (χ3n) is 5.76. The molecule has 1 fully saturated rings. The normalized spacial score (nSPS) is 17.0. The largest absolute Gasteiger partial charge is 0.341 e. The van der Waals surface area contributed by atoms with Gasteiger partial charge in [-0.3, -0.25) is 14.7 Å². The molecule has 2 amide bonds. The number of amides is 2. The summed E-state index contributed by atoms with van der Waals surface area (Å²) in [5.41, 5.74) is 2.74. The van der Waals surface area contributed by atoms with Crippen LogP contribution in [0.1, 0.15) is 23.0 Å². The van der Waals surface area contributed by atoms with Crippen LogP contribution in [0.2, 0.25) is 0 Å². The van der Waals surface area contributed by atoms with E-state index in [9.17, 15) is 14.0 Å². The summed E-state index contributed by atoms with van der Waals surface area (Å²) in [5.74, 6) is -0.696. The third-order valence-corrected chi connectivity index (χ3v) is 5.76. The number of hydrogen-bond acceptors (Lipinski definition) is 3. The van der Waals surface area contributed by atoms with Crippen LogP contribution >= 0.6 is 0 Å². The maximum Gasteiger partial charge on any atom is 0.271 e. The van der Waals surface area contributed by atoms with Gasteiger partial charge in [0.15, 0.2) is 0 Å². The zero-order valence-corrected chi connectivity index (χ0v) is 17.4. The lowest BCUT2D eigenvalue weighted by atomic mass is 9.95. The minimum Gasteiger partial charge on any atom is -0.341 e. The molecule has 0 saturated carbocycles. The lowest BCUT2D eigenvalue weighted by Crippen LogP contribution is -2.38. The van der Waals surface area contributed by atoms with Crippen LogP contribution < -0.4 is 0 Å². The molecule has 1 aliphatic rings. The Balaban J connectivity index is 1.53. The van der Waals surface area contributed by atoms with Crippen molar-refractivity contribution >= 4 is 11.8 Å². The summed E-state index contributed by atoms with van der Waals surface area (Å²) in [5, 5.41) is 6.57. The van der Waals surface area contributed by atoms with Gasteiger partial charge in [0.05, 0.1) is 5.92 Å². The molecular formula is C24H25FN4O2. The predicted molar refractivity (Wildman–Crippen MR) is 116 cm³/mol. The predicted octanol–water partition coefficient (Wildman–Crippen LogP) is 3.38. The molecular weight excluding hydrogens is 395 g/mol. The van der Waals surface area contributed by atoms with Crippen molar-refractivity contribution in [3.63, 3.8) is 0 Å². The molecule has 3 aromatic rings. The summed E-state index contributed by atoms with van der Waals surface area (Å²) >= 11 is 0. The van der Waals surface area contributed by atoms with E-state index in [-0.39, 0.29) is 23.5 Å². The molecule has 0 aliphatic carbocycles. The van der Waals surface area contributed by atoms with Crippen molar-refractivity contribution in [1.29, 1.82) is 0 Å². The highest BCUT2D eigenvalue weighted by atomic mass is 19.1. The van der Waals surface area contributed by atoms with E-state index in [1.165, 1.54) is 6.07 Å². The summed E-state index contributed by atoms with van der Waals surface area (Å²) in [6.07, 6.45) is 2.06. The molecule has 0 unspecified atom stereocenters. The topological polar surface area (TPSA) is 69.3 Å². The first-order valence-electron chi connectivity index (χ1n) is 10.5. The van der Waals surface area contributed by atoms with Crippen LogP contribution in [0.25, 0.3) is 11.1 Å². The molecule has 6 nitrogen and oxygen atoms in total. The van der Waals surface area contributed by atoms with Crippen LogP contribution in [0.15, 0.2) is 60.8 Å². The Morgan fingerprint density at radius 2 is 1.90 bits per heavy atom. The highest BCUT2D eigenvalue weighted by Gasteiger charge is 2.32. The van der Waals surface area contributed by atoms with Crippen LogP contribution in [-0.2, 0) is 11.2 Å². The SMILES string of the molecule is CCN1CCN(C(=O)c2ccn[nH]2)C[C@@H](Cc2ccc(-c3ccccc3F)cc2)C1=O. The second kappa shape index (κ2) is 9.12. The molecule has 1 aromatic heterocycles. The molecule has 2 heterocycles. The first-order valence-corrected chi connectivity index (χ1v) is 10.5. The number of H-pyrrole nitrogens is 1. The molecule has 7 heteroatoms. The van der Waals surface area contributed by atoms with Gasteiger partial charge >= 0.3 is 0 Å². The number of aromatic nitrogens is 2. The Morgan fingerprint density at radius 1 is 1.13 bits per heavy atom. The third kappa shape index (κ3) is 4.50. The van der Waals surface area contributed by atoms with Gasteiger partial charge in [0.1, 0.15) is 11.5 Å². The zero-order valence-electron chi connectivity index (χ0n) is 17.4. The van der Waals surface area contributed by atoms with Gasteiger partial charge in [-0.1, -0.05) is 42.5 Å². The Morgan fingerprint density at radius 3 is 2.58 bits per heavy atom. The second-order valence-corrected chi connectivity index (χ2v) is 7.72. The summed E-state index contributed by atoms with van der Waals surface area (Å²) in [7, 11) is 0. The number of benzene rings is 2. The maximum atomic E-state index is 14.1. The summed E-state index contributed by atoms with van der Waals surface area (Å²) in [6.45, 7) is 3.90. The minimum atomic E-state index is -0.339. The fraction of sp³-hybridized carbons (Fsp3) is 0.292. The Bertz CT molecular complexity index is 1050. The van der Waals surface area contributed by atoms with Gasteiger partial charge in [-0.05, 0) is 36.6 Å². The van der Waals surface area contributed by atoms with Gasteiger partial charge in [-0.25, -0.2) is 4.39 Å². The van der Waals surface area contributed by atoms with Crippen molar-refractivity contribution in [2.24, 2.45) is 5.92 Å². The number of halogens is 1. The number of carbonyl (C=O) groups excluding carboxylic acids is 2. The molecule has 0 bridgehead atoms. The summed E-state index contributed by atoms with van der Waals surface area (Å²) < 4.78 is 14.1. The fourth-order valence-electron chi connectivity index (χ4n) is 4.04. The highest BCUT2D eigenvalue weighted by molar-refractivity contribution is 5.93. The van der Waals surface area contributed by atoms with Crippen LogP contribution in [0.4, 0.5) is 4.39 Å². The molecule has 1 saturated heterocycles. The number of likely N-dealkylation sites (N-methyl/N-ethyl adjacent to an activating group) is 1. The van der Waals surface area contributed by atoms with Crippen molar-refractivity contribution in [3.05, 3.63) is 77.9 Å². The van der Waals surface area contributed by atoms with Crippen LogP contribution in [0.3, 0.4) is 0 Å². The van der Waals surface area contributed by atoms with Crippen molar-refractivity contribution in [3.8, 4) is 11.1 Å². The smallest absolute Gasteiger partial charge is 0.271 e. The number of aromatic amines is 1. The Kier molecular flexibility index (Phi) is 6.11. The molecule has 1 aliphatic heterocycles. The van der Waals surface area contributed by atoms with Gasteiger partial charge < -0.3 is 9.80 Å². The van der Waals surface area contributed by atoms with Gasteiger partial charge in [0, 0.05) is 37.9 Å². The van der Waals surface area contributed by atoms with Gasteiger partial charge in [0.25, 0.3) is 5.91 Å². The van der Waals surface area contributed by atoms with E-state index in [1.54, 1.807) is 40.3 Å². The van der Waals surface area contributed by atoms with Crippen LogP contribution in [-0.4, -0.2) is 58.0 Å². The monoisotopic (exact) mass is 420 g/mol. The Hall–Kier alpha value is -3.48. The number of nitrogens with one attached hydrogen (secondary N) is 1. The first kappa shape index (κ1) is 20.8. The average molecular weight is 420 g/mol. The van der Waals surface area contributed by atoms with E-state index < -0.39 is 0 Å². The number of nitrogens with zero attached hydrogens (tertiary/aromatic N) is 3.